The van der Waals surface area contributed by atoms with Gasteiger partial charge in [0.15, 0.2) is 6.10 Å². The minimum atomic E-state index is -3.89. The fraction of sp³-hybridized carbons (Fsp3) is 0.263. The van der Waals surface area contributed by atoms with E-state index in [9.17, 15) is 18.0 Å². The van der Waals surface area contributed by atoms with E-state index in [2.05, 4.69) is 10.0 Å². The molecule has 0 aliphatic heterocycles. The average molecular weight is 390 g/mol. The quantitative estimate of drug-likeness (QED) is 0.738. The molecule has 2 rings (SSSR count). The Labute approximate surface area is 158 Å². The Bertz CT molecular complexity index is 970. The summed E-state index contributed by atoms with van der Waals surface area (Å²) in [5, 5.41) is 2.37. The van der Waals surface area contributed by atoms with Gasteiger partial charge in [-0.25, -0.2) is 13.2 Å². The van der Waals surface area contributed by atoms with Crippen LogP contribution in [0.25, 0.3) is 0 Å². The van der Waals surface area contributed by atoms with Gasteiger partial charge in [0.2, 0.25) is 0 Å². The minimum absolute atomic E-state index is 0.0363. The Balaban J connectivity index is 2.25. The number of rotatable bonds is 6. The van der Waals surface area contributed by atoms with Gasteiger partial charge in [0, 0.05) is 7.05 Å². The Morgan fingerprint density at radius 2 is 1.78 bits per heavy atom. The maximum atomic E-state index is 12.7. The third-order valence-electron chi connectivity index (χ3n) is 3.91. The molecule has 0 spiro atoms. The highest BCUT2D eigenvalue weighted by atomic mass is 32.2. The van der Waals surface area contributed by atoms with E-state index in [-0.39, 0.29) is 10.5 Å². The molecular weight excluding hydrogens is 368 g/mol. The number of benzene rings is 2. The molecule has 8 heteroatoms. The molecule has 2 aromatic carbocycles. The van der Waals surface area contributed by atoms with E-state index in [0.29, 0.717) is 5.69 Å². The van der Waals surface area contributed by atoms with Crippen molar-refractivity contribution in [1.29, 1.82) is 0 Å². The molecular formula is C19H22N2O5S. The lowest BCUT2D eigenvalue weighted by molar-refractivity contribution is -0.128. The molecule has 0 saturated heterocycles. The predicted octanol–water partition coefficient (Wildman–Crippen LogP) is 2.40. The summed E-state index contributed by atoms with van der Waals surface area (Å²) >= 11 is 0. The summed E-state index contributed by atoms with van der Waals surface area (Å²) in [5.41, 5.74) is 2.30. The highest BCUT2D eigenvalue weighted by Gasteiger charge is 2.21. The SMILES string of the molecule is CNC(=O)[C@H](C)OC(=O)c1cccc(S(=O)(=O)Nc2ccc(C)cc2C)c1. The van der Waals surface area contributed by atoms with Crippen LogP contribution in [0, 0.1) is 13.8 Å². The van der Waals surface area contributed by atoms with Gasteiger partial charge in [-0.3, -0.25) is 9.52 Å². The zero-order chi connectivity index (χ0) is 20.2. The molecule has 0 fully saturated rings. The van der Waals surface area contributed by atoms with Crippen LogP contribution in [0.5, 0.6) is 0 Å². The first-order valence-corrected chi connectivity index (χ1v) is 9.75. The Kier molecular flexibility index (Phi) is 6.22. The van der Waals surface area contributed by atoms with Crippen LogP contribution in [0.1, 0.15) is 28.4 Å². The molecule has 0 aromatic heterocycles. The molecule has 0 aliphatic rings. The van der Waals surface area contributed by atoms with Crippen LogP contribution >= 0.6 is 0 Å². The van der Waals surface area contributed by atoms with E-state index in [1.807, 2.05) is 13.0 Å². The van der Waals surface area contributed by atoms with Crippen molar-refractivity contribution in [2.75, 3.05) is 11.8 Å². The summed E-state index contributed by atoms with van der Waals surface area (Å²) < 4.78 is 32.9. The zero-order valence-corrected chi connectivity index (χ0v) is 16.4. The van der Waals surface area contributed by atoms with Crippen molar-refractivity contribution in [3.63, 3.8) is 0 Å². The van der Waals surface area contributed by atoms with Gasteiger partial charge in [-0.05, 0) is 50.6 Å². The van der Waals surface area contributed by atoms with E-state index >= 15 is 0 Å². The second-order valence-electron chi connectivity index (χ2n) is 6.11. The maximum absolute atomic E-state index is 12.7. The summed E-state index contributed by atoms with van der Waals surface area (Å²) in [6.45, 7) is 5.15. The largest absolute Gasteiger partial charge is 0.449 e. The molecule has 2 aromatic rings. The van der Waals surface area contributed by atoms with Crippen molar-refractivity contribution < 1.29 is 22.7 Å². The highest BCUT2D eigenvalue weighted by Crippen LogP contribution is 2.21. The summed E-state index contributed by atoms with van der Waals surface area (Å²) in [6.07, 6.45) is -0.990. The number of esters is 1. The smallest absolute Gasteiger partial charge is 0.338 e. The number of amides is 1. The second-order valence-corrected chi connectivity index (χ2v) is 7.80. The number of sulfonamides is 1. The van der Waals surface area contributed by atoms with Crippen LogP contribution in [0.4, 0.5) is 5.69 Å². The van der Waals surface area contributed by atoms with Crippen LogP contribution in [0.2, 0.25) is 0 Å². The molecule has 144 valence electrons. The molecule has 1 atom stereocenters. The Morgan fingerprint density at radius 1 is 1.07 bits per heavy atom. The lowest BCUT2D eigenvalue weighted by atomic mass is 10.1. The number of carbonyl (C=O) groups is 2. The van der Waals surface area contributed by atoms with Crippen LogP contribution in [0.3, 0.4) is 0 Å². The number of likely N-dealkylation sites (N-methyl/N-ethyl adjacent to an activating group) is 1. The van der Waals surface area contributed by atoms with Crippen molar-refractivity contribution in [3.05, 3.63) is 59.2 Å². The first kappa shape index (κ1) is 20.4. The average Bonchev–Trinajstić information content (AvgIpc) is 2.63. The van der Waals surface area contributed by atoms with Crippen molar-refractivity contribution in [3.8, 4) is 0 Å². The third-order valence-corrected chi connectivity index (χ3v) is 5.27. The first-order valence-electron chi connectivity index (χ1n) is 8.27. The van der Waals surface area contributed by atoms with Gasteiger partial charge in [-0.15, -0.1) is 0 Å². The topological polar surface area (TPSA) is 102 Å². The van der Waals surface area contributed by atoms with E-state index < -0.39 is 28.0 Å². The van der Waals surface area contributed by atoms with Gasteiger partial charge in [0.25, 0.3) is 15.9 Å². The first-order chi connectivity index (χ1) is 12.6. The molecule has 0 radical (unpaired) electrons. The Hall–Kier alpha value is -2.87. The number of hydrogen-bond donors (Lipinski definition) is 2. The van der Waals surface area contributed by atoms with E-state index in [1.165, 1.54) is 38.2 Å². The molecule has 0 bridgehead atoms. The standard InChI is InChI=1S/C19H22N2O5S/c1-12-8-9-17(13(2)10-12)21-27(24,25)16-7-5-6-15(11-16)19(23)26-14(3)18(22)20-4/h5-11,14,21H,1-4H3,(H,20,22)/t14-/m0/s1. The van der Waals surface area contributed by atoms with Gasteiger partial charge in [0.05, 0.1) is 16.1 Å². The number of anilines is 1. The van der Waals surface area contributed by atoms with Crippen molar-refractivity contribution in [2.24, 2.45) is 0 Å². The maximum Gasteiger partial charge on any atom is 0.338 e. The van der Waals surface area contributed by atoms with Crippen LogP contribution < -0.4 is 10.0 Å². The second kappa shape index (κ2) is 8.22. The fourth-order valence-corrected chi connectivity index (χ4v) is 3.58. The number of ether oxygens (including phenoxy) is 1. The van der Waals surface area contributed by atoms with Crippen molar-refractivity contribution >= 4 is 27.6 Å². The van der Waals surface area contributed by atoms with Gasteiger partial charge in [-0.2, -0.15) is 0 Å². The lowest BCUT2D eigenvalue weighted by Gasteiger charge is -2.13. The van der Waals surface area contributed by atoms with Gasteiger partial charge in [-0.1, -0.05) is 23.8 Å². The lowest BCUT2D eigenvalue weighted by Crippen LogP contribution is -2.33. The Morgan fingerprint density at radius 3 is 2.41 bits per heavy atom. The summed E-state index contributed by atoms with van der Waals surface area (Å²) in [6, 6.07) is 10.8. The fourth-order valence-electron chi connectivity index (χ4n) is 2.41. The molecule has 0 aliphatic carbocycles. The normalized spacial score (nSPS) is 12.1. The molecule has 1 amide bonds. The highest BCUT2D eigenvalue weighted by molar-refractivity contribution is 7.92. The van der Waals surface area contributed by atoms with Crippen LogP contribution in [0.15, 0.2) is 47.4 Å². The van der Waals surface area contributed by atoms with E-state index in [4.69, 9.17) is 4.74 Å². The van der Waals surface area contributed by atoms with Gasteiger partial charge < -0.3 is 10.1 Å². The number of carbonyl (C=O) groups excluding carboxylic acids is 2. The summed E-state index contributed by atoms with van der Waals surface area (Å²) in [7, 11) is -2.46. The minimum Gasteiger partial charge on any atom is -0.449 e. The number of hydrogen-bond acceptors (Lipinski definition) is 5. The van der Waals surface area contributed by atoms with Gasteiger partial charge in [0.1, 0.15) is 0 Å². The number of nitrogens with one attached hydrogen (secondary N) is 2. The third kappa shape index (κ3) is 5.07. The monoisotopic (exact) mass is 390 g/mol. The molecule has 7 nitrogen and oxygen atoms in total. The molecule has 0 saturated carbocycles. The van der Waals surface area contributed by atoms with Crippen molar-refractivity contribution in [1.82, 2.24) is 5.32 Å². The van der Waals surface area contributed by atoms with Crippen molar-refractivity contribution in [2.45, 2.75) is 31.8 Å². The molecule has 0 unspecified atom stereocenters. The zero-order valence-electron chi connectivity index (χ0n) is 15.6. The summed E-state index contributed by atoms with van der Waals surface area (Å²) in [5.74, 6) is -1.24. The number of aryl methyl sites for hydroxylation is 2. The van der Waals surface area contributed by atoms with E-state index in [1.54, 1.807) is 19.1 Å². The predicted molar refractivity (Wildman–Crippen MR) is 102 cm³/mol. The van der Waals surface area contributed by atoms with Gasteiger partial charge >= 0.3 is 5.97 Å². The molecule has 27 heavy (non-hydrogen) atoms. The molecule has 2 N–H and O–H groups in total. The van der Waals surface area contributed by atoms with Crippen LogP contribution in [-0.2, 0) is 19.6 Å². The summed E-state index contributed by atoms with van der Waals surface area (Å²) in [4.78, 5) is 23.6. The van der Waals surface area contributed by atoms with Crippen LogP contribution in [-0.4, -0.2) is 33.4 Å². The van der Waals surface area contributed by atoms with E-state index in [0.717, 1.165) is 11.1 Å². The molecule has 0 heterocycles.